The molecule has 2 N–H and O–H groups in total. The van der Waals surface area contributed by atoms with Gasteiger partial charge in [0.1, 0.15) is 6.04 Å². The Hall–Kier alpha value is -2.90. The van der Waals surface area contributed by atoms with Gasteiger partial charge in [0, 0.05) is 19.2 Å². The maximum Gasteiger partial charge on any atom is 0.329 e. The van der Waals surface area contributed by atoms with Crippen molar-refractivity contribution in [1.82, 2.24) is 10.2 Å². The number of rotatable bonds is 6. The molecule has 1 atom stereocenters. The van der Waals surface area contributed by atoms with Gasteiger partial charge >= 0.3 is 5.97 Å². The highest BCUT2D eigenvalue weighted by molar-refractivity contribution is 5.96. The minimum Gasteiger partial charge on any atom is -0.454 e. The van der Waals surface area contributed by atoms with Crippen molar-refractivity contribution in [3.63, 3.8) is 0 Å². The van der Waals surface area contributed by atoms with Crippen LogP contribution in [-0.4, -0.2) is 54.8 Å². The number of para-hydroxylation sites is 1. The lowest BCUT2D eigenvalue weighted by atomic mass is 10.1. The third kappa shape index (κ3) is 5.05. The third-order valence-corrected chi connectivity index (χ3v) is 4.17. The molecular formula is C18H23N3O5. The smallest absolute Gasteiger partial charge is 0.329 e. The first-order valence-corrected chi connectivity index (χ1v) is 8.34. The van der Waals surface area contributed by atoms with Gasteiger partial charge in [-0.15, -0.1) is 0 Å². The summed E-state index contributed by atoms with van der Waals surface area (Å²) in [6.07, 6.45) is 0.631. The van der Waals surface area contributed by atoms with E-state index in [1.807, 2.05) is 32.0 Å². The number of ether oxygens (including phenoxy) is 1. The van der Waals surface area contributed by atoms with E-state index < -0.39 is 24.5 Å². The first kappa shape index (κ1) is 19.4. The summed E-state index contributed by atoms with van der Waals surface area (Å²) < 4.78 is 4.92. The second kappa shape index (κ2) is 8.46. The Labute approximate surface area is 151 Å². The van der Waals surface area contributed by atoms with Gasteiger partial charge < -0.3 is 20.3 Å². The Morgan fingerprint density at radius 2 is 1.92 bits per heavy atom. The van der Waals surface area contributed by atoms with Crippen molar-refractivity contribution in [1.29, 1.82) is 0 Å². The van der Waals surface area contributed by atoms with Gasteiger partial charge in [-0.25, -0.2) is 4.79 Å². The second-order valence-electron chi connectivity index (χ2n) is 6.33. The summed E-state index contributed by atoms with van der Waals surface area (Å²) in [5.41, 5.74) is 2.58. The Balaban J connectivity index is 1.80. The molecule has 1 fully saturated rings. The van der Waals surface area contributed by atoms with Crippen LogP contribution in [0.5, 0.6) is 0 Å². The van der Waals surface area contributed by atoms with E-state index in [9.17, 15) is 19.2 Å². The van der Waals surface area contributed by atoms with Crippen molar-refractivity contribution in [2.24, 2.45) is 0 Å². The molecule has 1 heterocycles. The van der Waals surface area contributed by atoms with Crippen molar-refractivity contribution >= 4 is 29.4 Å². The van der Waals surface area contributed by atoms with Crippen LogP contribution in [0.25, 0.3) is 0 Å². The number of nitrogens with zero attached hydrogens (tertiary/aromatic N) is 1. The number of amides is 3. The lowest BCUT2D eigenvalue weighted by Gasteiger charge is -2.18. The van der Waals surface area contributed by atoms with Gasteiger partial charge in [0.15, 0.2) is 6.61 Å². The number of anilines is 1. The van der Waals surface area contributed by atoms with Crippen molar-refractivity contribution in [2.45, 2.75) is 32.7 Å². The summed E-state index contributed by atoms with van der Waals surface area (Å²) >= 11 is 0. The van der Waals surface area contributed by atoms with E-state index >= 15 is 0 Å². The highest BCUT2D eigenvalue weighted by Gasteiger charge is 2.29. The molecule has 0 radical (unpaired) electrons. The molecule has 1 aliphatic rings. The predicted octanol–water partition coefficient (Wildman–Crippen LogP) is 0.522. The number of carbonyl (C=O) groups excluding carboxylic acids is 4. The van der Waals surface area contributed by atoms with E-state index in [-0.39, 0.29) is 24.8 Å². The topological polar surface area (TPSA) is 105 Å². The first-order chi connectivity index (χ1) is 12.3. The fraction of sp³-hybridized carbons (Fsp3) is 0.444. The van der Waals surface area contributed by atoms with Gasteiger partial charge in [-0.2, -0.15) is 0 Å². The molecule has 1 aromatic carbocycles. The predicted molar refractivity (Wildman–Crippen MR) is 94.3 cm³/mol. The normalized spacial score (nSPS) is 16.0. The Bertz CT molecular complexity index is 711. The molecule has 0 bridgehead atoms. The number of carbonyl (C=O) groups is 4. The largest absolute Gasteiger partial charge is 0.454 e. The molecule has 0 aliphatic carbocycles. The van der Waals surface area contributed by atoms with Gasteiger partial charge in [0.25, 0.3) is 5.91 Å². The lowest BCUT2D eigenvalue weighted by molar-refractivity contribution is -0.153. The summed E-state index contributed by atoms with van der Waals surface area (Å²) in [4.78, 5) is 48.2. The molecule has 1 saturated heterocycles. The molecule has 1 aromatic rings. The van der Waals surface area contributed by atoms with Gasteiger partial charge in [-0.05, 0) is 31.4 Å². The number of aryl methyl sites for hydroxylation is 2. The van der Waals surface area contributed by atoms with Crippen LogP contribution < -0.4 is 10.6 Å². The van der Waals surface area contributed by atoms with E-state index in [4.69, 9.17) is 4.74 Å². The van der Waals surface area contributed by atoms with Gasteiger partial charge in [-0.1, -0.05) is 18.2 Å². The minimum atomic E-state index is -0.701. The third-order valence-electron chi connectivity index (χ3n) is 4.17. The quantitative estimate of drug-likeness (QED) is 0.719. The average molecular weight is 361 g/mol. The summed E-state index contributed by atoms with van der Waals surface area (Å²) in [6, 6.07) is 4.97. The summed E-state index contributed by atoms with van der Waals surface area (Å²) in [6.45, 7) is 3.14. The fourth-order valence-corrected chi connectivity index (χ4v) is 2.63. The maximum absolute atomic E-state index is 12.2. The molecular weight excluding hydrogens is 338 g/mol. The van der Waals surface area contributed by atoms with E-state index in [0.29, 0.717) is 6.42 Å². The highest BCUT2D eigenvalue weighted by Crippen LogP contribution is 2.19. The fourth-order valence-electron chi connectivity index (χ4n) is 2.63. The lowest BCUT2D eigenvalue weighted by Crippen LogP contribution is -2.40. The molecule has 0 spiro atoms. The number of hydrogen-bond donors (Lipinski definition) is 2. The van der Waals surface area contributed by atoms with Crippen LogP contribution >= 0.6 is 0 Å². The van der Waals surface area contributed by atoms with E-state index in [1.54, 1.807) is 0 Å². The Kier molecular flexibility index (Phi) is 6.32. The molecule has 8 nitrogen and oxygen atoms in total. The highest BCUT2D eigenvalue weighted by atomic mass is 16.5. The number of hydrogen-bond acceptors (Lipinski definition) is 5. The number of likely N-dealkylation sites (N-methyl/N-ethyl adjacent to an activating group) is 1. The number of benzene rings is 1. The van der Waals surface area contributed by atoms with Crippen LogP contribution in [-0.2, 0) is 23.9 Å². The molecule has 2 rings (SSSR count). The molecule has 8 heteroatoms. The van der Waals surface area contributed by atoms with Crippen LogP contribution in [0.15, 0.2) is 18.2 Å². The van der Waals surface area contributed by atoms with E-state index in [1.165, 1.54) is 11.9 Å². The van der Waals surface area contributed by atoms with E-state index in [2.05, 4.69) is 10.6 Å². The first-order valence-electron chi connectivity index (χ1n) is 8.34. The monoisotopic (exact) mass is 361 g/mol. The molecule has 3 amide bonds. The molecule has 140 valence electrons. The maximum atomic E-state index is 12.2. The minimum absolute atomic E-state index is 0.162. The zero-order valence-electron chi connectivity index (χ0n) is 15.1. The van der Waals surface area contributed by atoms with Crippen molar-refractivity contribution < 1.29 is 23.9 Å². The summed E-state index contributed by atoms with van der Waals surface area (Å²) in [5.74, 6) is -1.69. The van der Waals surface area contributed by atoms with E-state index in [0.717, 1.165) is 16.8 Å². The van der Waals surface area contributed by atoms with Gasteiger partial charge in [0.2, 0.25) is 11.8 Å². The SMILES string of the molecule is Cc1cccc(C)c1NC(=O)CN(C)C(=O)COC(=O)[C@H]1CCC(=O)N1. The van der Waals surface area contributed by atoms with Crippen molar-refractivity contribution in [3.05, 3.63) is 29.3 Å². The molecule has 1 aliphatic heterocycles. The molecule has 0 unspecified atom stereocenters. The van der Waals surface area contributed by atoms with Crippen LogP contribution in [0, 0.1) is 13.8 Å². The average Bonchev–Trinajstić information content (AvgIpc) is 3.02. The molecule has 0 saturated carbocycles. The van der Waals surface area contributed by atoms with Crippen molar-refractivity contribution in [2.75, 3.05) is 25.5 Å². The van der Waals surface area contributed by atoms with Gasteiger partial charge in [-0.3, -0.25) is 14.4 Å². The standard InChI is InChI=1S/C18H23N3O5/c1-11-5-4-6-12(2)17(11)20-15(23)9-21(3)16(24)10-26-18(25)13-7-8-14(22)19-13/h4-6,13H,7-10H2,1-3H3,(H,19,22)(H,20,23)/t13-/m1/s1. The Morgan fingerprint density at radius 3 is 2.50 bits per heavy atom. The summed E-state index contributed by atoms with van der Waals surface area (Å²) in [5, 5.41) is 5.26. The molecule has 26 heavy (non-hydrogen) atoms. The number of esters is 1. The van der Waals surface area contributed by atoms with Crippen LogP contribution in [0.4, 0.5) is 5.69 Å². The second-order valence-corrected chi connectivity index (χ2v) is 6.33. The van der Waals surface area contributed by atoms with Crippen molar-refractivity contribution in [3.8, 4) is 0 Å². The number of nitrogens with one attached hydrogen (secondary N) is 2. The molecule has 0 aromatic heterocycles. The zero-order valence-corrected chi connectivity index (χ0v) is 15.1. The van der Waals surface area contributed by atoms with Crippen LogP contribution in [0.3, 0.4) is 0 Å². The van der Waals surface area contributed by atoms with Gasteiger partial charge in [0.05, 0.1) is 6.54 Å². The zero-order chi connectivity index (χ0) is 19.3. The Morgan fingerprint density at radius 1 is 1.27 bits per heavy atom. The van der Waals surface area contributed by atoms with Crippen LogP contribution in [0.2, 0.25) is 0 Å². The summed E-state index contributed by atoms with van der Waals surface area (Å²) in [7, 11) is 1.46. The van der Waals surface area contributed by atoms with Crippen LogP contribution in [0.1, 0.15) is 24.0 Å².